The first-order valence-electron chi connectivity index (χ1n) is 1.90. The molecule has 3 saturated heterocycles. The lowest BCUT2D eigenvalue weighted by Crippen LogP contribution is -2.71. The lowest BCUT2D eigenvalue weighted by atomic mass is 10.4. The summed E-state index contributed by atoms with van der Waals surface area (Å²) in [6.07, 6.45) is 0. The molecule has 0 aromatic heterocycles. The number of hydrogen-bond acceptors (Lipinski definition) is 2. The van der Waals surface area contributed by atoms with Gasteiger partial charge in [-0.1, -0.05) is 0 Å². The topological polar surface area (TPSA) is 6.48 Å². The molecule has 3 rings (SSSR count). The second-order valence-corrected chi connectivity index (χ2v) is 1.77. The first-order chi connectivity index (χ1) is 2.45. The summed E-state index contributed by atoms with van der Waals surface area (Å²) in [5.41, 5.74) is 0. The maximum absolute atomic E-state index is 2.38. The highest BCUT2D eigenvalue weighted by Gasteiger charge is 2.35. The summed E-state index contributed by atoms with van der Waals surface area (Å²) < 4.78 is 0. The molecular formula is C3H6N2. The molecule has 0 radical (unpaired) electrons. The van der Waals surface area contributed by atoms with E-state index in [1.807, 2.05) is 0 Å². The van der Waals surface area contributed by atoms with Gasteiger partial charge in [-0.3, -0.25) is 9.80 Å². The van der Waals surface area contributed by atoms with Gasteiger partial charge in [-0.25, -0.2) is 0 Å². The van der Waals surface area contributed by atoms with Gasteiger partial charge in [0.25, 0.3) is 0 Å². The highest BCUT2D eigenvalue weighted by atomic mass is 15.7. The van der Waals surface area contributed by atoms with E-state index in [2.05, 4.69) is 9.80 Å². The van der Waals surface area contributed by atoms with E-state index in [-0.39, 0.29) is 0 Å². The van der Waals surface area contributed by atoms with Gasteiger partial charge in [-0.2, -0.15) is 0 Å². The van der Waals surface area contributed by atoms with Crippen molar-refractivity contribution in [2.24, 2.45) is 0 Å². The van der Waals surface area contributed by atoms with Crippen molar-refractivity contribution in [1.82, 2.24) is 9.80 Å². The van der Waals surface area contributed by atoms with Crippen molar-refractivity contribution in [3.8, 4) is 0 Å². The zero-order chi connectivity index (χ0) is 3.28. The summed E-state index contributed by atoms with van der Waals surface area (Å²) >= 11 is 0. The molecule has 0 aromatic rings. The third kappa shape index (κ3) is 0.102. The molecule has 0 aliphatic carbocycles. The molecule has 3 fully saturated rings. The van der Waals surface area contributed by atoms with Gasteiger partial charge in [-0.05, 0) is 0 Å². The molecule has 2 bridgehead atoms. The Balaban J connectivity index is 2.19. The molecule has 0 saturated carbocycles. The molecule has 5 heavy (non-hydrogen) atoms. The van der Waals surface area contributed by atoms with Crippen LogP contribution in [-0.4, -0.2) is 29.8 Å². The van der Waals surface area contributed by atoms with Crippen LogP contribution in [0.25, 0.3) is 0 Å². The zero-order valence-corrected chi connectivity index (χ0v) is 3.02. The van der Waals surface area contributed by atoms with Crippen molar-refractivity contribution < 1.29 is 0 Å². The Labute approximate surface area is 31.0 Å². The van der Waals surface area contributed by atoms with E-state index < -0.39 is 0 Å². The predicted molar refractivity (Wildman–Crippen MR) is 18.3 cm³/mol. The van der Waals surface area contributed by atoms with Gasteiger partial charge in [0.1, 0.15) is 0 Å². The third-order valence-electron chi connectivity index (χ3n) is 1.20. The molecule has 0 N–H and O–H groups in total. The lowest BCUT2D eigenvalue weighted by Gasteiger charge is -2.56. The molecule has 3 aliphatic rings. The van der Waals surface area contributed by atoms with E-state index in [9.17, 15) is 0 Å². The second kappa shape index (κ2) is 0.420. The van der Waals surface area contributed by atoms with Gasteiger partial charge in [0.05, 0.1) is 20.0 Å². The maximum Gasteiger partial charge on any atom is 0.0555 e. The predicted octanol–water partition coefficient (Wildman–Crippen LogP) is -0.510. The Bertz CT molecular complexity index is 41.6. The Morgan fingerprint density at radius 2 is 1.00 bits per heavy atom. The first kappa shape index (κ1) is 2.16. The van der Waals surface area contributed by atoms with Crippen LogP contribution in [0.2, 0.25) is 0 Å². The Hall–Kier alpha value is -0.0800. The molecule has 0 amide bonds. The molecule has 28 valence electrons. The largest absolute Gasteiger partial charge is 0.264 e. The van der Waals surface area contributed by atoms with Gasteiger partial charge in [-0.15, -0.1) is 0 Å². The van der Waals surface area contributed by atoms with E-state index in [1.165, 1.54) is 20.0 Å². The highest BCUT2D eigenvalue weighted by molar-refractivity contribution is 4.79. The summed E-state index contributed by atoms with van der Waals surface area (Å²) in [6.45, 7) is 3.75. The molecule has 0 atom stereocenters. The summed E-state index contributed by atoms with van der Waals surface area (Å²) in [5.74, 6) is 0. The van der Waals surface area contributed by atoms with Crippen molar-refractivity contribution in [3.05, 3.63) is 0 Å². The standard InChI is InChI=1S/C3H6N2/c1-4-2-5(1)3-4/h1-3H2. The second-order valence-electron chi connectivity index (χ2n) is 1.77. The molecule has 3 heterocycles. The van der Waals surface area contributed by atoms with E-state index >= 15 is 0 Å². The van der Waals surface area contributed by atoms with Crippen LogP contribution in [-0.2, 0) is 0 Å². The van der Waals surface area contributed by atoms with E-state index in [1.54, 1.807) is 0 Å². The van der Waals surface area contributed by atoms with Crippen molar-refractivity contribution in [1.29, 1.82) is 0 Å². The van der Waals surface area contributed by atoms with Crippen molar-refractivity contribution >= 4 is 0 Å². The zero-order valence-electron chi connectivity index (χ0n) is 3.02. The monoisotopic (exact) mass is 70.1 g/mol. The Morgan fingerprint density at radius 1 is 0.800 bits per heavy atom. The normalized spacial score (nSPS) is 57.6. The van der Waals surface area contributed by atoms with E-state index in [0.717, 1.165) is 0 Å². The van der Waals surface area contributed by atoms with E-state index in [0.29, 0.717) is 0 Å². The van der Waals surface area contributed by atoms with Crippen molar-refractivity contribution in [3.63, 3.8) is 0 Å². The molecule has 0 spiro atoms. The number of hydrogen-bond donors (Lipinski definition) is 0. The van der Waals surface area contributed by atoms with Gasteiger partial charge in [0.15, 0.2) is 0 Å². The summed E-state index contributed by atoms with van der Waals surface area (Å²) in [4.78, 5) is 4.75. The average molecular weight is 70.1 g/mol. The van der Waals surface area contributed by atoms with Crippen molar-refractivity contribution in [2.75, 3.05) is 20.0 Å². The smallest absolute Gasteiger partial charge is 0.0555 e. The fraction of sp³-hybridized carbons (Fsp3) is 1.00. The molecule has 0 aromatic carbocycles. The van der Waals surface area contributed by atoms with Crippen LogP contribution in [0.15, 0.2) is 0 Å². The average Bonchev–Trinajstić information content (AvgIpc) is 0.592. The minimum Gasteiger partial charge on any atom is -0.264 e. The molecule has 0 unspecified atom stereocenters. The van der Waals surface area contributed by atoms with Crippen LogP contribution in [0, 0.1) is 0 Å². The van der Waals surface area contributed by atoms with Crippen LogP contribution in [0.1, 0.15) is 0 Å². The Morgan fingerprint density at radius 3 is 1.00 bits per heavy atom. The molecule has 2 heteroatoms. The van der Waals surface area contributed by atoms with Crippen molar-refractivity contribution in [2.45, 2.75) is 0 Å². The number of rotatable bonds is 0. The van der Waals surface area contributed by atoms with Gasteiger partial charge < -0.3 is 0 Å². The highest BCUT2D eigenvalue weighted by Crippen LogP contribution is 2.19. The van der Waals surface area contributed by atoms with Gasteiger partial charge in [0.2, 0.25) is 0 Å². The lowest BCUT2D eigenvalue weighted by molar-refractivity contribution is -0.194. The van der Waals surface area contributed by atoms with Crippen LogP contribution in [0.3, 0.4) is 0 Å². The summed E-state index contributed by atoms with van der Waals surface area (Å²) in [5, 5.41) is 0. The minimum absolute atomic E-state index is 1.25. The third-order valence-corrected chi connectivity index (χ3v) is 1.20. The summed E-state index contributed by atoms with van der Waals surface area (Å²) in [6, 6.07) is 0. The Kier molecular flexibility index (Phi) is 0.181. The van der Waals surface area contributed by atoms with Gasteiger partial charge in [0, 0.05) is 0 Å². The summed E-state index contributed by atoms with van der Waals surface area (Å²) in [7, 11) is 0. The maximum atomic E-state index is 2.38. The fourth-order valence-corrected chi connectivity index (χ4v) is 0.724. The molecular weight excluding hydrogens is 64.0 g/mol. The van der Waals surface area contributed by atoms with Crippen LogP contribution in [0.4, 0.5) is 0 Å². The minimum atomic E-state index is 1.25. The van der Waals surface area contributed by atoms with Gasteiger partial charge >= 0.3 is 0 Å². The van der Waals surface area contributed by atoms with E-state index in [4.69, 9.17) is 0 Å². The molecule has 3 aliphatic heterocycles. The quantitative estimate of drug-likeness (QED) is 0.379. The first-order valence-corrected chi connectivity index (χ1v) is 1.90. The fourth-order valence-electron chi connectivity index (χ4n) is 0.724. The number of nitrogens with zero attached hydrogens (tertiary/aromatic N) is 2. The molecule has 2 nitrogen and oxygen atoms in total. The van der Waals surface area contributed by atoms with Crippen LogP contribution >= 0.6 is 0 Å². The SMILES string of the molecule is C1N2CN1C2. The van der Waals surface area contributed by atoms with Crippen LogP contribution in [0.5, 0.6) is 0 Å². The van der Waals surface area contributed by atoms with Crippen LogP contribution < -0.4 is 0 Å².